The fourth-order valence-electron chi connectivity index (χ4n) is 2.54. The Hall–Kier alpha value is -0.570. The zero-order chi connectivity index (χ0) is 13.2. The lowest BCUT2D eigenvalue weighted by atomic mass is 9.92. The second kappa shape index (κ2) is 5.60. The fourth-order valence-corrected chi connectivity index (χ4v) is 2.54. The van der Waals surface area contributed by atoms with Crippen LogP contribution in [0.3, 0.4) is 0 Å². The molecule has 3 nitrogen and oxygen atoms in total. The molecule has 104 valence electrons. The summed E-state index contributed by atoms with van der Waals surface area (Å²) < 4.78 is 0. The average Bonchev–Trinajstić information content (AvgIpc) is 3.11. The third kappa shape index (κ3) is 4.27. The van der Waals surface area contributed by atoms with Crippen LogP contribution in [0.2, 0.25) is 0 Å². The summed E-state index contributed by atoms with van der Waals surface area (Å²) in [6.45, 7) is 9.87. The van der Waals surface area contributed by atoms with Gasteiger partial charge in [0, 0.05) is 25.0 Å². The van der Waals surface area contributed by atoms with Gasteiger partial charge in [-0.3, -0.25) is 4.79 Å². The maximum absolute atomic E-state index is 11.9. The molecule has 0 aromatic heterocycles. The van der Waals surface area contributed by atoms with E-state index in [0.29, 0.717) is 23.3 Å². The first-order valence-electron chi connectivity index (χ1n) is 7.48. The Kier molecular flexibility index (Phi) is 4.31. The first-order chi connectivity index (χ1) is 8.46. The Morgan fingerprint density at radius 2 is 1.78 bits per heavy atom. The number of piperidine rings is 1. The van der Waals surface area contributed by atoms with Crippen molar-refractivity contribution in [3.8, 4) is 0 Å². The van der Waals surface area contributed by atoms with E-state index in [9.17, 15) is 4.79 Å². The van der Waals surface area contributed by atoms with E-state index in [1.54, 1.807) is 0 Å². The summed E-state index contributed by atoms with van der Waals surface area (Å²) in [4.78, 5) is 14.0. The predicted molar refractivity (Wildman–Crippen MR) is 74.4 cm³/mol. The Balaban J connectivity index is 1.62. The van der Waals surface area contributed by atoms with Gasteiger partial charge in [0.15, 0.2) is 0 Å². The molecule has 0 aromatic carbocycles. The van der Waals surface area contributed by atoms with Crippen LogP contribution in [0.1, 0.15) is 52.9 Å². The van der Waals surface area contributed by atoms with Crippen molar-refractivity contribution in [3.05, 3.63) is 0 Å². The molecule has 2 fully saturated rings. The lowest BCUT2D eigenvalue weighted by Gasteiger charge is -2.33. The van der Waals surface area contributed by atoms with Crippen LogP contribution in [0.5, 0.6) is 0 Å². The van der Waals surface area contributed by atoms with Gasteiger partial charge in [-0.2, -0.15) is 0 Å². The molecule has 2 rings (SSSR count). The number of rotatable bonds is 4. The van der Waals surface area contributed by atoms with Crippen LogP contribution in [0.25, 0.3) is 0 Å². The van der Waals surface area contributed by atoms with Crippen molar-refractivity contribution >= 4 is 5.91 Å². The van der Waals surface area contributed by atoms with Gasteiger partial charge < -0.3 is 10.2 Å². The molecule has 1 saturated carbocycles. The molecule has 1 amide bonds. The summed E-state index contributed by atoms with van der Waals surface area (Å²) in [6.07, 6.45) is 5.73. The van der Waals surface area contributed by atoms with E-state index >= 15 is 0 Å². The Morgan fingerprint density at radius 3 is 2.28 bits per heavy atom. The molecule has 0 unspecified atom stereocenters. The number of hydrogen-bond donors (Lipinski definition) is 1. The van der Waals surface area contributed by atoms with Gasteiger partial charge in [0.25, 0.3) is 0 Å². The quantitative estimate of drug-likeness (QED) is 0.833. The largest absolute Gasteiger partial charge is 0.342 e. The standard InChI is InChI=1S/C15H28N2O/c1-15(2,3)8-9-16-13-6-10-17(11-7-13)14(18)12-4-5-12/h12-13,16H,4-11H2,1-3H3. The Labute approximate surface area is 111 Å². The topological polar surface area (TPSA) is 32.3 Å². The maximum atomic E-state index is 11.9. The number of carbonyl (C=O) groups excluding carboxylic acids is 1. The summed E-state index contributed by atoms with van der Waals surface area (Å²) >= 11 is 0. The molecular formula is C15H28N2O. The van der Waals surface area contributed by atoms with Crippen molar-refractivity contribution in [3.63, 3.8) is 0 Å². The molecular weight excluding hydrogens is 224 g/mol. The minimum atomic E-state index is 0.385. The summed E-state index contributed by atoms with van der Waals surface area (Å²) in [5.41, 5.74) is 0.412. The molecule has 0 atom stereocenters. The van der Waals surface area contributed by atoms with Crippen molar-refractivity contribution in [2.24, 2.45) is 11.3 Å². The summed E-state index contributed by atoms with van der Waals surface area (Å²) in [5, 5.41) is 3.64. The zero-order valence-electron chi connectivity index (χ0n) is 12.2. The van der Waals surface area contributed by atoms with Gasteiger partial charge in [0.05, 0.1) is 0 Å². The molecule has 18 heavy (non-hydrogen) atoms. The van der Waals surface area contributed by atoms with Crippen LogP contribution in [-0.4, -0.2) is 36.5 Å². The Morgan fingerprint density at radius 1 is 1.17 bits per heavy atom. The third-order valence-corrected chi connectivity index (χ3v) is 4.04. The van der Waals surface area contributed by atoms with E-state index in [1.165, 1.54) is 6.42 Å². The second-order valence-corrected chi connectivity index (χ2v) is 7.14. The van der Waals surface area contributed by atoms with Crippen molar-refractivity contribution in [1.82, 2.24) is 10.2 Å². The molecule has 2 aliphatic rings. The number of nitrogens with one attached hydrogen (secondary N) is 1. The van der Waals surface area contributed by atoms with Crippen molar-refractivity contribution in [2.75, 3.05) is 19.6 Å². The molecule has 1 saturated heterocycles. The van der Waals surface area contributed by atoms with E-state index in [-0.39, 0.29) is 0 Å². The van der Waals surface area contributed by atoms with E-state index < -0.39 is 0 Å². The first-order valence-corrected chi connectivity index (χ1v) is 7.48. The number of amides is 1. The van der Waals surface area contributed by atoms with Crippen LogP contribution < -0.4 is 5.32 Å². The normalized spacial score (nSPS) is 22.3. The molecule has 0 radical (unpaired) electrons. The van der Waals surface area contributed by atoms with Gasteiger partial charge >= 0.3 is 0 Å². The zero-order valence-corrected chi connectivity index (χ0v) is 12.2. The predicted octanol–water partition coefficient (Wildman–Crippen LogP) is 2.41. The molecule has 0 bridgehead atoms. The van der Waals surface area contributed by atoms with Gasteiger partial charge in [-0.25, -0.2) is 0 Å². The molecule has 0 spiro atoms. The van der Waals surface area contributed by atoms with Crippen LogP contribution in [0.4, 0.5) is 0 Å². The Bertz CT molecular complexity index is 283. The molecule has 1 aliphatic carbocycles. The van der Waals surface area contributed by atoms with Crippen LogP contribution in [0, 0.1) is 11.3 Å². The van der Waals surface area contributed by atoms with Gasteiger partial charge in [-0.1, -0.05) is 20.8 Å². The smallest absolute Gasteiger partial charge is 0.225 e. The number of carbonyl (C=O) groups is 1. The number of nitrogens with zero attached hydrogens (tertiary/aromatic N) is 1. The van der Waals surface area contributed by atoms with Gasteiger partial charge in [0.2, 0.25) is 5.91 Å². The van der Waals surface area contributed by atoms with Crippen LogP contribution in [0.15, 0.2) is 0 Å². The van der Waals surface area contributed by atoms with Crippen molar-refractivity contribution < 1.29 is 4.79 Å². The summed E-state index contributed by atoms with van der Waals surface area (Å²) in [5.74, 6) is 0.804. The summed E-state index contributed by atoms with van der Waals surface area (Å²) in [6, 6.07) is 0.621. The van der Waals surface area contributed by atoms with Crippen LogP contribution in [-0.2, 0) is 4.79 Å². The monoisotopic (exact) mass is 252 g/mol. The van der Waals surface area contributed by atoms with Crippen LogP contribution >= 0.6 is 0 Å². The minimum absolute atomic E-state index is 0.385. The molecule has 1 N–H and O–H groups in total. The molecule has 1 aliphatic heterocycles. The lowest BCUT2D eigenvalue weighted by Crippen LogP contribution is -2.45. The number of likely N-dealkylation sites (tertiary alicyclic amines) is 1. The SMILES string of the molecule is CC(C)(C)CCNC1CCN(C(=O)C2CC2)CC1. The highest BCUT2D eigenvalue weighted by atomic mass is 16.2. The van der Waals surface area contributed by atoms with Gasteiger partial charge in [0.1, 0.15) is 0 Å². The highest BCUT2D eigenvalue weighted by Crippen LogP contribution is 2.31. The molecule has 3 heteroatoms. The highest BCUT2D eigenvalue weighted by Gasteiger charge is 2.34. The van der Waals surface area contributed by atoms with Crippen molar-refractivity contribution in [1.29, 1.82) is 0 Å². The van der Waals surface area contributed by atoms with Gasteiger partial charge in [-0.15, -0.1) is 0 Å². The highest BCUT2D eigenvalue weighted by molar-refractivity contribution is 5.81. The fraction of sp³-hybridized carbons (Fsp3) is 0.933. The van der Waals surface area contributed by atoms with E-state index in [4.69, 9.17) is 0 Å². The lowest BCUT2D eigenvalue weighted by molar-refractivity contribution is -0.133. The van der Waals surface area contributed by atoms with E-state index in [2.05, 4.69) is 31.0 Å². The maximum Gasteiger partial charge on any atom is 0.225 e. The summed E-state index contributed by atoms with van der Waals surface area (Å²) in [7, 11) is 0. The van der Waals surface area contributed by atoms with Gasteiger partial charge in [-0.05, 0) is 44.1 Å². The van der Waals surface area contributed by atoms with E-state index in [0.717, 1.165) is 45.3 Å². The average molecular weight is 252 g/mol. The first kappa shape index (κ1) is 13.9. The van der Waals surface area contributed by atoms with E-state index in [1.807, 2.05) is 0 Å². The minimum Gasteiger partial charge on any atom is -0.342 e. The number of hydrogen-bond acceptors (Lipinski definition) is 2. The molecule has 1 heterocycles. The third-order valence-electron chi connectivity index (χ3n) is 4.04. The molecule has 0 aromatic rings. The van der Waals surface area contributed by atoms with Crippen molar-refractivity contribution in [2.45, 2.75) is 58.9 Å². The second-order valence-electron chi connectivity index (χ2n) is 7.14.